The van der Waals surface area contributed by atoms with E-state index in [1.807, 2.05) is 0 Å². The Morgan fingerprint density at radius 3 is 1.45 bits per heavy atom. The molecule has 208 valence electrons. The maximum Gasteiger partial charge on any atom is 0.416 e. The summed E-state index contributed by atoms with van der Waals surface area (Å²) in [6.07, 6.45) is -14.5. The second-order valence-electron chi connectivity index (χ2n) is 8.25. The number of hydrogen-bond acceptors (Lipinski definition) is 1. The van der Waals surface area contributed by atoms with Gasteiger partial charge in [0.1, 0.15) is 11.6 Å². The minimum atomic E-state index is -4.85. The lowest BCUT2D eigenvalue weighted by molar-refractivity contribution is -0.138. The van der Waals surface area contributed by atoms with E-state index in [2.05, 4.69) is 5.32 Å². The van der Waals surface area contributed by atoms with E-state index >= 15 is 0 Å². The van der Waals surface area contributed by atoms with E-state index in [0.717, 1.165) is 12.1 Å². The zero-order valence-corrected chi connectivity index (χ0v) is 19.7. The van der Waals surface area contributed by atoms with Crippen molar-refractivity contribution in [2.24, 2.45) is 0 Å². The third-order valence-corrected chi connectivity index (χ3v) is 5.24. The van der Waals surface area contributed by atoms with Gasteiger partial charge < -0.3 is 5.32 Å². The predicted octanol–water partition coefficient (Wildman–Crippen LogP) is 8.54. The fraction of sp³-hybridized carbons (Fsp3) is 0.308. The molecular formula is C26H22F11N. The molecule has 0 heterocycles. The zero-order chi connectivity index (χ0) is 28.7. The minimum absolute atomic E-state index is 0.00347. The van der Waals surface area contributed by atoms with E-state index in [9.17, 15) is 48.3 Å². The number of nitrogens with one attached hydrogen (secondary N) is 1. The van der Waals surface area contributed by atoms with Crippen LogP contribution in [-0.4, -0.2) is 19.8 Å². The lowest BCUT2D eigenvalue weighted by Crippen LogP contribution is -2.17. The van der Waals surface area contributed by atoms with E-state index in [1.54, 1.807) is 30.3 Å². The lowest BCUT2D eigenvalue weighted by Gasteiger charge is -2.21. The third kappa shape index (κ3) is 9.96. The average molecular weight is 557 g/mol. The molecule has 0 amide bonds. The maximum atomic E-state index is 14.0. The molecule has 38 heavy (non-hydrogen) atoms. The second-order valence-corrected chi connectivity index (χ2v) is 8.25. The van der Waals surface area contributed by atoms with Crippen LogP contribution in [0.1, 0.15) is 40.2 Å². The molecular weight excluding hydrogens is 535 g/mol. The smallest absolute Gasteiger partial charge is 0.319 e. The Morgan fingerprint density at radius 2 is 1.11 bits per heavy atom. The molecule has 0 saturated heterocycles. The summed E-state index contributed by atoms with van der Waals surface area (Å²) in [5.41, 5.74) is -2.38. The standard InChI is InChI=1S/C22H14F8.C4H8F3N/c23-18-9-14(7-16(11-18)21(25,26)27)20(6-13-4-2-1-3-5-13)15-8-17(22(28,29)30)12-19(24)10-15;1-8-3-2-4(5,6)7/h1-5,7-12,20H,6H2;8H,2-3H2,1H3. The summed E-state index contributed by atoms with van der Waals surface area (Å²) < 4.78 is 140. The first kappa shape index (κ1) is 31.1. The highest BCUT2D eigenvalue weighted by atomic mass is 19.4. The van der Waals surface area contributed by atoms with Gasteiger partial charge >= 0.3 is 18.5 Å². The third-order valence-electron chi connectivity index (χ3n) is 5.24. The monoisotopic (exact) mass is 557 g/mol. The number of hydrogen-bond donors (Lipinski definition) is 1. The van der Waals surface area contributed by atoms with E-state index < -0.39 is 53.6 Å². The highest BCUT2D eigenvalue weighted by Crippen LogP contribution is 2.38. The van der Waals surface area contributed by atoms with Crippen molar-refractivity contribution in [3.05, 3.63) is 106 Å². The van der Waals surface area contributed by atoms with Gasteiger partial charge in [-0.3, -0.25) is 0 Å². The largest absolute Gasteiger partial charge is 0.416 e. The molecule has 12 heteroatoms. The molecule has 0 aliphatic carbocycles. The summed E-state index contributed by atoms with van der Waals surface area (Å²) >= 11 is 0. The van der Waals surface area contributed by atoms with Crippen LogP contribution >= 0.6 is 0 Å². The van der Waals surface area contributed by atoms with Crippen molar-refractivity contribution in [3.63, 3.8) is 0 Å². The van der Waals surface area contributed by atoms with Gasteiger partial charge in [-0.15, -0.1) is 0 Å². The molecule has 0 aliphatic heterocycles. The van der Waals surface area contributed by atoms with Gasteiger partial charge in [0.25, 0.3) is 0 Å². The predicted molar refractivity (Wildman–Crippen MR) is 119 cm³/mol. The van der Waals surface area contributed by atoms with Crippen molar-refractivity contribution in [2.75, 3.05) is 13.6 Å². The Kier molecular flexibility index (Phi) is 10.3. The summed E-state index contributed by atoms with van der Waals surface area (Å²) in [5, 5.41) is 2.40. The number of alkyl halides is 9. The van der Waals surface area contributed by atoms with Crippen LogP contribution in [0, 0.1) is 11.6 Å². The summed E-state index contributed by atoms with van der Waals surface area (Å²) in [4.78, 5) is 0. The van der Waals surface area contributed by atoms with Gasteiger partial charge in [-0.25, -0.2) is 8.78 Å². The molecule has 1 N–H and O–H groups in total. The highest BCUT2D eigenvalue weighted by molar-refractivity contribution is 5.40. The van der Waals surface area contributed by atoms with Crippen LogP contribution in [0.25, 0.3) is 0 Å². The zero-order valence-electron chi connectivity index (χ0n) is 19.7. The van der Waals surface area contributed by atoms with Crippen molar-refractivity contribution in [3.8, 4) is 0 Å². The van der Waals surface area contributed by atoms with Crippen LogP contribution in [-0.2, 0) is 18.8 Å². The van der Waals surface area contributed by atoms with Crippen LogP contribution in [0.2, 0.25) is 0 Å². The van der Waals surface area contributed by atoms with Gasteiger partial charge in [0, 0.05) is 12.5 Å². The maximum absolute atomic E-state index is 14.0. The van der Waals surface area contributed by atoms with Gasteiger partial charge in [-0.05, 0) is 66.6 Å². The molecule has 0 radical (unpaired) electrons. The molecule has 3 aromatic rings. The summed E-state index contributed by atoms with van der Waals surface area (Å²) in [7, 11) is 1.49. The Labute approximate surface area is 211 Å². The molecule has 0 fully saturated rings. The summed E-state index contributed by atoms with van der Waals surface area (Å²) in [6.45, 7) is 0.00347. The molecule has 0 aliphatic rings. The first-order valence-corrected chi connectivity index (χ1v) is 11.0. The van der Waals surface area contributed by atoms with Crippen LogP contribution < -0.4 is 5.32 Å². The van der Waals surface area contributed by atoms with Gasteiger partial charge in [-0.1, -0.05) is 30.3 Å². The molecule has 0 spiro atoms. The quantitative estimate of drug-likeness (QED) is 0.300. The number of benzene rings is 3. The number of rotatable bonds is 6. The Bertz CT molecular complexity index is 1100. The minimum Gasteiger partial charge on any atom is -0.319 e. The van der Waals surface area contributed by atoms with Crippen molar-refractivity contribution in [1.82, 2.24) is 5.32 Å². The molecule has 3 aromatic carbocycles. The fourth-order valence-corrected chi connectivity index (χ4v) is 3.50. The van der Waals surface area contributed by atoms with Gasteiger partial charge in [0.05, 0.1) is 17.5 Å². The van der Waals surface area contributed by atoms with Gasteiger partial charge in [0.15, 0.2) is 0 Å². The van der Waals surface area contributed by atoms with E-state index in [0.29, 0.717) is 29.8 Å². The van der Waals surface area contributed by atoms with E-state index in [4.69, 9.17) is 0 Å². The van der Waals surface area contributed by atoms with Gasteiger partial charge in [0.2, 0.25) is 0 Å². The van der Waals surface area contributed by atoms with Crippen LogP contribution in [0.4, 0.5) is 48.3 Å². The normalized spacial score (nSPS) is 12.3. The topological polar surface area (TPSA) is 12.0 Å². The molecule has 1 nitrogen and oxygen atoms in total. The van der Waals surface area contributed by atoms with Crippen molar-refractivity contribution in [1.29, 1.82) is 0 Å². The first-order chi connectivity index (χ1) is 17.5. The van der Waals surface area contributed by atoms with Crippen molar-refractivity contribution < 1.29 is 48.3 Å². The first-order valence-electron chi connectivity index (χ1n) is 11.0. The van der Waals surface area contributed by atoms with Crippen molar-refractivity contribution >= 4 is 0 Å². The average Bonchev–Trinajstić information content (AvgIpc) is 2.80. The fourth-order valence-electron chi connectivity index (χ4n) is 3.50. The van der Waals surface area contributed by atoms with Crippen LogP contribution in [0.5, 0.6) is 0 Å². The highest BCUT2D eigenvalue weighted by Gasteiger charge is 2.34. The Morgan fingerprint density at radius 1 is 0.658 bits per heavy atom. The number of halogens is 11. The molecule has 0 saturated carbocycles. The molecule has 3 rings (SSSR count). The molecule has 0 atom stereocenters. The molecule has 0 aromatic heterocycles. The van der Waals surface area contributed by atoms with Crippen molar-refractivity contribution in [2.45, 2.75) is 37.3 Å². The molecule has 0 bridgehead atoms. The Hall–Kier alpha value is -3.15. The summed E-state index contributed by atoms with van der Waals surface area (Å²) in [5.74, 6) is -3.52. The summed E-state index contributed by atoms with van der Waals surface area (Å²) in [6, 6.07) is 11.8. The SMILES string of the molecule is CNCCC(F)(F)F.Fc1cc(C(Cc2ccccc2)c2cc(F)cc(C(F)(F)F)c2)cc(C(F)(F)F)c1. The van der Waals surface area contributed by atoms with Gasteiger partial charge in [-0.2, -0.15) is 39.5 Å². The Balaban J connectivity index is 0.000000550. The second kappa shape index (κ2) is 12.6. The molecule has 0 unspecified atom stereocenters. The van der Waals surface area contributed by atoms with Crippen LogP contribution in [0.3, 0.4) is 0 Å². The van der Waals surface area contributed by atoms with Crippen LogP contribution in [0.15, 0.2) is 66.7 Å². The lowest BCUT2D eigenvalue weighted by atomic mass is 9.84. The van der Waals surface area contributed by atoms with E-state index in [1.165, 1.54) is 7.05 Å². The van der Waals surface area contributed by atoms with E-state index in [-0.39, 0.29) is 24.1 Å².